The molecule has 0 bridgehead atoms. The number of oxazole rings is 1. The Hall–Kier alpha value is -3.26. The number of hydrogen-bond acceptors (Lipinski definition) is 7. The first-order valence-corrected chi connectivity index (χ1v) is 11.6. The molecule has 1 aromatic carbocycles. The van der Waals surface area contributed by atoms with Gasteiger partial charge in [0.25, 0.3) is 5.91 Å². The van der Waals surface area contributed by atoms with Crippen molar-refractivity contribution >= 4 is 11.9 Å². The lowest BCUT2D eigenvalue weighted by Crippen LogP contribution is -2.40. The average Bonchev–Trinajstić information content (AvgIpc) is 3.33. The molecule has 2 saturated heterocycles. The number of hydrogen-bond donors (Lipinski definition) is 0. The minimum Gasteiger partial charge on any atom is -0.445 e. The van der Waals surface area contributed by atoms with Crippen LogP contribution in [0.15, 0.2) is 47.0 Å². The fourth-order valence-corrected chi connectivity index (χ4v) is 4.48. The van der Waals surface area contributed by atoms with Gasteiger partial charge in [-0.25, -0.2) is 15.0 Å². The molecule has 2 aromatic heterocycles. The molecule has 172 valence electrons. The second-order valence-corrected chi connectivity index (χ2v) is 8.71. The highest BCUT2D eigenvalue weighted by Crippen LogP contribution is 2.28. The summed E-state index contributed by atoms with van der Waals surface area (Å²) in [5.74, 6) is 2.20. The summed E-state index contributed by atoms with van der Waals surface area (Å²) >= 11 is 0. The number of morpholine rings is 1. The van der Waals surface area contributed by atoms with Gasteiger partial charge in [-0.2, -0.15) is 0 Å². The number of aryl methyl sites for hydroxylation is 1. The van der Waals surface area contributed by atoms with Crippen molar-refractivity contribution in [2.24, 2.45) is 0 Å². The summed E-state index contributed by atoms with van der Waals surface area (Å²) < 4.78 is 11.5. The van der Waals surface area contributed by atoms with E-state index in [1.807, 2.05) is 36.2 Å². The Morgan fingerprint density at radius 3 is 2.76 bits per heavy atom. The summed E-state index contributed by atoms with van der Waals surface area (Å²) in [6, 6.07) is 12.0. The number of ether oxygens (including phenoxy) is 1. The van der Waals surface area contributed by atoms with E-state index in [-0.39, 0.29) is 11.8 Å². The highest BCUT2D eigenvalue weighted by atomic mass is 16.5. The maximum absolute atomic E-state index is 13.4. The van der Waals surface area contributed by atoms with Crippen LogP contribution in [0.1, 0.15) is 52.2 Å². The van der Waals surface area contributed by atoms with Crippen LogP contribution in [0.2, 0.25) is 0 Å². The molecule has 2 aliphatic rings. The Kier molecular flexibility index (Phi) is 6.35. The number of carbonyl (C=O) groups excluding carboxylic acids is 1. The number of amides is 1. The predicted molar refractivity (Wildman–Crippen MR) is 123 cm³/mol. The third kappa shape index (κ3) is 5.06. The molecule has 1 amide bonds. The van der Waals surface area contributed by atoms with Gasteiger partial charge in [0.1, 0.15) is 11.5 Å². The summed E-state index contributed by atoms with van der Waals surface area (Å²) in [6.07, 6.45) is 4.39. The molecule has 33 heavy (non-hydrogen) atoms. The maximum Gasteiger partial charge on any atom is 0.272 e. The smallest absolute Gasteiger partial charge is 0.272 e. The van der Waals surface area contributed by atoms with E-state index in [1.165, 1.54) is 5.56 Å². The number of rotatable bonds is 5. The predicted octanol–water partition coefficient (Wildman–Crippen LogP) is 3.22. The van der Waals surface area contributed by atoms with Crippen molar-refractivity contribution in [2.45, 2.75) is 32.1 Å². The van der Waals surface area contributed by atoms with Gasteiger partial charge in [-0.15, -0.1) is 0 Å². The molecule has 2 aliphatic heterocycles. The molecule has 8 heteroatoms. The molecule has 5 rings (SSSR count). The molecule has 8 nitrogen and oxygen atoms in total. The van der Waals surface area contributed by atoms with Crippen LogP contribution in [0.3, 0.4) is 0 Å². The van der Waals surface area contributed by atoms with Crippen molar-refractivity contribution in [3.05, 3.63) is 71.2 Å². The zero-order valence-electron chi connectivity index (χ0n) is 18.9. The van der Waals surface area contributed by atoms with Crippen LogP contribution >= 0.6 is 0 Å². The first-order valence-electron chi connectivity index (χ1n) is 11.6. The molecule has 4 heterocycles. The monoisotopic (exact) mass is 447 g/mol. The number of likely N-dealkylation sites (tertiary alicyclic amines) is 1. The van der Waals surface area contributed by atoms with E-state index in [2.05, 4.69) is 32.0 Å². The van der Waals surface area contributed by atoms with Crippen molar-refractivity contribution in [2.75, 3.05) is 44.3 Å². The third-order valence-corrected chi connectivity index (χ3v) is 6.21. The highest BCUT2D eigenvalue weighted by molar-refractivity contribution is 5.92. The van der Waals surface area contributed by atoms with E-state index >= 15 is 0 Å². The van der Waals surface area contributed by atoms with Crippen molar-refractivity contribution in [1.29, 1.82) is 0 Å². The highest BCUT2D eigenvalue weighted by Gasteiger charge is 2.29. The van der Waals surface area contributed by atoms with E-state index in [0.29, 0.717) is 50.3 Å². The van der Waals surface area contributed by atoms with Gasteiger partial charge in [0.15, 0.2) is 5.89 Å². The Labute approximate surface area is 193 Å². The average molecular weight is 448 g/mol. The quantitative estimate of drug-likeness (QED) is 0.594. The van der Waals surface area contributed by atoms with Crippen LogP contribution in [-0.4, -0.2) is 65.2 Å². The van der Waals surface area contributed by atoms with E-state index in [0.717, 1.165) is 37.4 Å². The van der Waals surface area contributed by atoms with Gasteiger partial charge in [0.05, 0.1) is 25.3 Å². The number of carbonyl (C=O) groups is 1. The van der Waals surface area contributed by atoms with Crippen LogP contribution < -0.4 is 4.90 Å². The second-order valence-electron chi connectivity index (χ2n) is 8.71. The third-order valence-electron chi connectivity index (χ3n) is 6.21. The minimum absolute atomic E-state index is 0.0595. The SMILES string of the molecule is Cc1cc(C(=O)N2CCCC(c3ncc(Cc4ccccc4)o3)C2)nc(N2CCOCC2)n1. The van der Waals surface area contributed by atoms with Gasteiger partial charge in [-0.3, -0.25) is 4.79 Å². The lowest BCUT2D eigenvalue weighted by atomic mass is 9.97. The summed E-state index contributed by atoms with van der Waals surface area (Å²) in [6.45, 7) is 5.97. The lowest BCUT2D eigenvalue weighted by molar-refractivity contribution is 0.0691. The summed E-state index contributed by atoms with van der Waals surface area (Å²) in [5, 5.41) is 0. The number of anilines is 1. The van der Waals surface area contributed by atoms with Crippen LogP contribution in [0.4, 0.5) is 5.95 Å². The molecule has 0 radical (unpaired) electrons. The van der Waals surface area contributed by atoms with Gasteiger partial charge >= 0.3 is 0 Å². The van der Waals surface area contributed by atoms with Crippen LogP contribution in [0.5, 0.6) is 0 Å². The van der Waals surface area contributed by atoms with E-state index in [9.17, 15) is 4.79 Å². The maximum atomic E-state index is 13.4. The van der Waals surface area contributed by atoms with Crippen molar-refractivity contribution < 1.29 is 13.9 Å². The van der Waals surface area contributed by atoms with Gasteiger partial charge in [-0.05, 0) is 31.4 Å². The van der Waals surface area contributed by atoms with Crippen molar-refractivity contribution in [3.8, 4) is 0 Å². The molecule has 1 atom stereocenters. The second kappa shape index (κ2) is 9.70. The summed E-state index contributed by atoms with van der Waals surface area (Å²) in [5.41, 5.74) is 2.43. The molecular formula is C25H29N5O3. The van der Waals surface area contributed by atoms with Gasteiger partial charge in [0.2, 0.25) is 5.95 Å². The molecule has 0 saturated carbocycles. The number of benzene rings is 1. The number of nitrogens with zero attached hydrogens (tertiary/aromatic N) is 5. The Bertz CT molecular complexity index is 1090. The van der Waals surface area contributed by atoms with Gasteiger partial charge in [-0.1, -0.05) is 30.3 Å². The zero-order chi connectivity index (χ0) is 22.6. The van der Waals surface area contributed by atoms with Gasteiger partial charge in [0, 0.05) is 38.3 Å². The standard InChI is InChI=1S/C25H29N5O3/c1-18-14-22(28-25(27-18)29-10-12-32-13-11-29)24(31)30-9-5-8-20(17-30)23-26-16-21(33-23)15-19-6-3-2-4-7-19/h2-4,6-7,14,16,20H,5,8-13,15,17H2,1H3. The first kappa shape index (κ1) is 21.6. The lowest BCUT2D eigenvalue weighted by Gasteiger charge is -2.31. The Morgan fingerprint density at radius 2 is 1.94 bits per heavy atom. The fraction of sp³-hybridized carbons (Fsp3) is 0.440. The van der Waals surface area contributed by atoms with E-state index in [1.54, 1.807) is 6.07 Å². The molecule has 1 unspecified atom stereocenters. The zero-order valence-corrected chi connectivity index (χ0v) is 18.9. The summed E-state index contributed by atoms with van der Waals surface area (Å²) in [7, 11) is 0. The molecule has 3 aromatic rings. The molecule has 2 fully saturated rings. The molecule has 0 aliphatic carbocycles. The van der Waals surface area contributed by atoms with Gasteiger partial charge < -0.3 is 19.0 Å². The number of aromatic nitrogens is 3. The van der Waals surface area contributed by atoms with Crippen molar-refractivity contribution in [1.82, 2.24) is 19.9 Å². The van der Waals surface area contributed by atoms with E-state index in [4.69, 9.17) is 9.15 Å². The minimum atomic E-state index is -0.0595. The molecule has 0 spiro atoms. The van der Waals surface area contributed by atoms with Crippen LogP contribution in [0.25, 0.3) is 0 Å². The topological polar surface area (TPSA) is 84.6 Å². The fourth-order valence-electron chi connectivity index (χ4n) is 4.48. The van der Waals surface area contributed by atoms with E-state index < -0.39 is 0 Å². The normalized spacial score (nSPS) is 19.0. The van der Waals surface area contributed by atoms with Crippen LogP contribution in [0, 0.1) is 6.92 Å². The van der Waals surface area contributed by atoms with Crippen LogP contribution in [-0.2, 0) is 11.2 Å². The first-order chi connectivity index (χ1) is 16.2. The number of piperidine rings is 1. The van der Waals surface area contributed by atoms with Crippen molar-refractivity contribution in [3.63, 3.8) is 0 Å². The Balaban J connectivity index is 1.28. The largest absolute Gasteiger partial charge is 0.445 e. The Morgan fingerprint density at radius 1 is 1.12 bits per heavy atom. The summed E-state index contributed by atoms with van der Waals surface area (Å²) in [4.78, 5) is 31.0. The molecule has 0 N–H and O–H groups in total. The molecular weight excluding hydrogens is 418 g/mol.